The molecule has 0 bridgehead atoms. The molecule has 0 saturated heterocycles. The molecular weight excluding hydrogens is 372 g/mol. The number of rotatable bonds is 7. The van der Waals surface area contributed by atoms with Gasteiger partial charge >= 0.3 is 0 Å². The van der Waals surface area contributed by atoms with Crippen molar-refractivity contribution < 1.29 is 23.5 Å². The quantitative estimate of drug-likeness (QED) is 0.493. The van der Waals surface area contributed by atoms with Gasteiger partial charge in [-0.05, 0) is 36.8 Å². The third-order valence-electron chi connectivity index (χ3n) is 4.86. The van der Waals surface area contributed by atoms with Gasteiger partial charge in [0, 0.05) is 31.2 Å². The Balaban J connectivity index is 1.45. The first-order valence-corrected chi connectivity index (χ1v) is 9.33. The Morgan fingerprint density at radius 1 is 1.07 bits per heavy atom. The molecule has 0 fully saturated rings. The van der Waals surface area contributed by atoms with Crippen LogP contribution in [0.15, 0.2) is 52.9 Å². The molecule has 0 unspecified atom stereocenters. The highest BCUT2D eigenvalue weighted by Gasteiger charge is 2.35. The third-order valence-corrected chi connectivity index (χ3v) is 4.86. The van der Waals surface area contributed by atoms with Crippen molar-refractivity contribution in [3.63, 3.8) is 0 Å². The molecule has 29 heavy (non-hydrogen) atoms. The Kier molecular flexibility index (Phi) is 5.14. The Hall–Kier alpha value is -3.45. The molecule has 1 aliphatic rings. The fourth-order valence-electron chi connectivity index (χ4n) is 3.40. The SMILES string of the molecule is COCCCN1C(=O)c2ccc(C(=O)NCc3cc4ccccc4o3)cc2C1=O. The number of para-hydroxylation sites is 1. The van der Waals surface area contributed by atoms with E-state index in [0.29, 0.717) is 29.9 Å². The number of ether oxygens (including phenoxy) is 1. The van der Waals surface area contributed by atoms with Crippen LogP contribution in [0.3, 0.4) is 0 Å². The topological polar surface area (TPSA) is 88.8 Å². The molecule has 0 atom stereocenters. The second kappa shape index (κ2) is 7.89. The lowest BCUT2D eigenvalue weighted by Crippen LogP contribution is -2.31. The van der Waals surface area contributed by atoms with Crippen molar-refractivity contribution >= 4 is 28.7 Å². The van der Waals surface area contributed by atoms with Gasteiger partial charge in [0.25, 0.3) is 17.7 Å². The average Bonchev–Trinajstić information content (AvgIpc) is 3.26. The van der Waals surface area contributed by atoms with Crippen LogP contribution in [0.5, 0.6) is 0 Å². The summed E-state index contributed by atoms with van der Waals surface area (Å²) in [5.41, 5.74) is 1.65. The lowest BCUT2D eigenvalue weighted by Gasteiger charge is -2.12. The van der Waals surface area contributed by atoms with Crippen LogP contribution < -0.4 is 5.32 Å². The predicted octanol–water partition coefficient (Wildman–Crippen LogP) is 3.00. The summed E-state index contributed by atoms with van der Waals surface area (Å²) in [6.07, 6.45) is 0.562. The van der Waals surface area contributed by atoms with Crippen molar-refractivity contribution in [3.8, 4) is 0 Å². The van der Waals surface area contributed by atoms with E-state index in [4.69, 9.17) is 9.15 Å². The Bertz CT molecular complexity index is 1070. The highest BCUT2D eigenvalue weighted by molar-refractivity contribution is 6.22. The van der Waals surface area contributed by atoms with Crippen LogP contribution in [0, 0.1) is 0 Å². The average molecular weight is 392 g/mol. The van der Waals surface area contributed by atoms with Crippen LogP contribution in [0.2, 0.25) is 0 Å². The number of carbonyl (C=O) groups excluding carboxylic acids is 3. The molecule has 3 aromatic rings. The molecule has 2 aromatic carbocycles. The van der Waals surface area contributed by atoms with Crippen LogP contribution in [-0.4, -0.2) is 42.9 Å². The molecule has 0 saturated carbocycles. The van der Waals surface area contributed by atoms with E-state index in [-0.39, 0.29) is 36.4 Å². The van der Waals surface area contributed by atoms with Crippen molar-refractivity contribution in [2.75, 3.05) is 20.3 Å². The van der Waals surface area contributed by atoms with Gasteiger partial charge in [-0.3, -0.25) is 19.3 Å². The normalized spacial score (nSPS) is 13.2. The summed E-state index contributed by atoms with van der Waals surface area (Å²) in [7, 11) is 1.57. The number of fused-ring (bicyclic) bond motifs is 2. The summed E-state index contributed by atoms with van der Waals surface area (Å²) in [5, 5.41) is 3.75. The smallest absolute Gasteiger partial charge is 0.261 e. The molecule has 0 radical (unpaired) electrons. The number of amides is 3. The number of benzene rings is 2. The first kappa shape index (κ1) is 18.9. The molecule has 2 heterocycles. The van der Waals surface area contributed by atoms with E-state index < -0.39 is 0 Å². The van der Waals surface area contributed by atoms with Crippen molar-refractivity contribution in [2.24, 2.45) is 0 Å². The van der Waals surface area contributed by atoms with E-state index in [9.17, 15) is 14.4 Å². The molecule has 7 nitrogen and oxygen atoms in total. The van der Waals surface area contributed by atoms with Crippen LogP contribution in [0.25, 0.3) is 11.0 Å². The van der Waals surface area contributed by atoms with Gasteiger partial charge < -0.3 is 14.5 Å². The molecule has 1 aromatic heterocycles. The molecule has 4 rings (SSSR count). The van der Waals surface area contributed by atoms with Crippen molar-refractivity contribution in [3.05, 3.63) is 71.0 Å². The predicted molar refractivity (Wildman–Crippen MR) is 106 cm³/mol. The maximum absolute atomic E-state index is 12.6. The fourth-order valence-corrected chi connectivity index (χ4v) is 3.40. The van der Waals surface area contributed by atoms with Gasteiger partial charge in [0.2, 0.25) is 0 Å². The van der Waals surface area contributed by atoms with Crippen LogP contribution in [0.1, 0.15) is 43.3 Å². The summed E-state index contributed by atoms with van der Waals surface area (Å²) in [6.45, 7) is 0.969. The Morgan fingerprint density at radius 2 is 1.86 bits per heavy atom. The number of hydrogen-bond donors (Lipinski definition) is 1. The standard InChI is InChI=1S/C22H20N2O5/c1-28-10-4-9-24-21(26)17-8-7-15(12-18(17)22(24)27)20(25)23-13-16-11-14-5-2-3-6-19(14)29-16/h2-3,5-8,11-12H,4,9-10,13H2,1H3,(H,23,25). The summed E-state index contributed by atoms with van der Waals surface area (Å²) in [5.74, 6) is -0.425. The molecule has 3 amide bonds. The minimum absolute atomic E-state index is 0.223. The van der Waals surface area contributed by atoms with E-state index in [1.807, 2.05) is 30.3 Å². The lowest BCUT2D eigenvalue weighted by atomic mass is 10.1. The van der Waals surface area contributed by atoms with Gasteiger partial charge in [0.15, 0.2) is 0 Å². The lowest BCUT2D eigenvalue weighted by molar-refractivity contribution is 0.0638. The van der Waals surface area contributed by atoms with E-state index in [2.05, 4.69) is 5.32 Å². The monoisotopic (exact) mass is 392 g/mol. The number of nitrogens with one attached hydrogen (secondary N) is 1. The summed E-state index contributed by atoms with van der Waals surface area (Å²) >= 11 is 0. The minimum Gasteiger partial charge on any atom is -0.459 e. The molecule has 148 valence electrons. The van der Waals surface area contributed by atoms with Gasteiger partial charge in [-0.1, -0.05) is 18.2 Å². The maximum Gasteiger partial charge on any atom is 0.261 e. The van der Waals surface area contributed by atoms with Gasteiger partial charge in [0.05, 0.1) is 17.7 Å². The zero-order chi connectivity index (χ0) is 20.4. The number of furan rings is 1. The van der Waals surface area contributed by atoms with Gasteiger partial charge in [-0.15, -0.1) is 0 Å². The highest BCUT2D eigenvalue weighted by atomic mass is 16.5. The fraction of sp³-hybridized carbons (Fsp3) is 0.227. The van der Waals surface area contributed by atoms with Crippen molar-refractivity contribution in [1.82, 2.24) is 10.2 Å². The van der Waals surface area contributed by atoms with Gasteiger partial charge in [-0.2, -0.15) is 0 Å². The van der Waals surface area contributed by atoms with E-state index >= 15 is 0 Å². The number of imide groups is 1. The summed E-state index contributed by atoms with van der Waals surface area (Å²) in [6, 6.07) is 14.0. The van der Waals surface area contributed by atoms with E-state index in [0.717, 1.165) is 11.0 Å². The first-order chi connectivity index (χ1) is 14.1. The zero-order valence-electron chi connectivity index (χ0n) is 15.9. The number of nitrogens with zero attached hydrogens (tertiary/aromatic N) is 1. The zero-order valence-corrected chi connectivity index (χ0v) is 15.9. The van der Waals surface area contributed by atoms with Crippen molar-refractivity contribution in [2.45, 2.75) is 13.0 Å². The molecule has 1 N–H and O–H groups in total. The number of carbonyl (C=O) groups is 3. The van der Waals surface area contributed by atoms with Crippen LogP contribution in [-0.2, 0) is 11.3 Å². The molecule has 0 spiro atoms. The van der Waals surface area contributed by atoms with Crippen LogP contribution >= 0.6 is 0 Å². The van der Waals surface area contributed by atoms with Crippen molar-refractivity contribution in [1.29, 1.82) is 0 Å². The van der Waals surface area contributed by atoms with Crippen LogP contribution in [0.4, 0.5) is 0 Å². The number of hydrogen-bond acceptors (Lipinski definition) is 5. The molecule has 0 aliphatic carbocycles. The maximum atomic E-state index is 12.6. The molecule has 7 heteroatoms. The van der Waals surface area contributed by atoms with E-state index in [1.54, 1.807) is 13.2 Å². The molecular formula is C22H20N2O5. The van der Waals surface area contributed by atoms with Gasteiger partial charge in [-0.25, -0.2) is 0 Å². The first-order valence-electron chi connectivity index (χ1n) is 9.33. The van der Waals surface area contributed by atoms with Gasteiger partial charge in [0.1, 0.15) is 11.3 Å². The third kappa shape index (κ3) is 3.64. The summed E-state index contributed by atoms with van der Waals surface area (Å²) < 4.78 is 10.7. The molecule has 1 aliphatic heterocycles. The second-order valence-corrected chi connectivity index (χ2v) is 6.80. The number of methoxy groups -OCH3 is 1. The highest BCUT2D eigenvalue weighted by Crippen LogP contribution is 2.24. The summed E-state index contributed by atoms with van der Waals surface area (Å²) in [4.78, 5) is 38.7. The second-order valence-electron chi connectivity index (χ2n) is 6.80. The largest absolute Gasteiger partial charge is 0.459 e. The van der Waals surface area contributed by atoms with E-state index in [1.165, 1.54) is 17.0 Å². The minimum atomic E-state index is -0.381. The Labute approximate surface area is 167 Å². The Morgan fingerprint density at radius 3 is 2.66 bits per heavy atom.